The molecule has 2 nitrogen and oxygen atoms in total. The van der Waals surface area contributed by atoms with Crippen LogP contribution in [0.4, 0.5) is 0 Å². The molecule has 0 N–H and O–H groups in total. The molecule has 1 saturated carbocycles. The van der Waals surface area contributed by atoms with Gasteiger partial charge >= 0.3 is 0 Å². The normalized spacial score (nSPS) is 27.0. The second-order valence-electron chi connectivity index (χ2n) is 3.60. The molecule has 2 heteroatoms. The Kier molecular flexibility index (Phi) is 0.967. The number of hydrogen-bond acceptors (Lipinski definition) is 1. The van der Waals surface area contributed by atoms with Gasteiger partial charge in [-0.1, -0.05) is 13.8 Å². The molecule has 0 saturated heterocycles. The van der Waals surface area contributed by atoms with E-state index in [0.717, 1.165) is 6.42 Å². The van der Waals surface area contributed by atoms with Crippen LogP contribution in [0.1, 0.15) is 26.7 Å². The maximum absolute atomic E-state index is 4.10. The van der Waals surface area contributed by atoms with E-state index in [1.54, 1.807) is 0 Å². The summed E-state index contributed by atoms with van der Waals surface area (Å²) in [5.74, 6) is 0. The van der Waals surface area contributed by atoms with Crippen molar-refractivity contribution in [3.63, 3.8) is 0 Å². The van der Waals surface area contributed by atoms with Crippen molar-refractivity contribution in [2.45, 2.75) is 26.7 Å². The van der Waals surface area contributed by atoms with Crippen LogP contribution in [0.3, 0.4) is 0 Å². The standard InChI is InChI=1S/C8H11N2/c1-8(2)4-3-6-5-9-10-7(6)8/h5H,3-4H2,1-2H3. The molecule has 0 atom stereocenters. The summed E-state index contributed by atoms with van der Waals surface area (Å²) in [6.45, 7) is 4.46. The minimum atomic E-state index is 0.284. The highest BCUT2D eigenvalue weighted by Crippen LogP contribution is 2.39. The van der Waals surface area contributed by atoms with Gasteiger partial charge in [-0.15, -0.1) is 0 Å². The average Bonchev–Trinajstić information content (AvgIpc) is 2.36. The molecule has 1 fully saturated rings. The van der Waals surface area contributed by atoms with Crippen molar-refractivity contribution in [3.8, 4) is 0 Å². The van der Waals surface area contributed by atoms with Gasteiger partial charge < -0.3 is 0 Å². The zero-order valence-electron chi connectivity index (χ0n) is 6.39. The van der Waals surface area contributed by atoms with Crippen molar-refractivity contribution in [2.75, 3.05) is 0 Å². The zero-order valence-corrected chi connectivity index (χ0v) is 6.39. The van der Waals surface area contributed by atoms with Crippen LogP contribution >= 0.6 is 0 Å². The largest absolute Gasteiger partial charge is 0.159 e. The first kappa shape index (κ1) is 5.96. The lowest BCUT2D eigenvalue weighted by molar-refractivity contribution is 0.509. The lowest BCUT2D eigenvalue weighted by Crippen LogP contribution is -2.16. The van der Waals surface area contributed by atoms with E-state index in [2.05, 4.69) is 24.4 Å². The molecular weight excluding hydrogens is 124 g/mol. The first-order valence-corrected chi connectivity index (χ1v) is 3.68. The van der Waals surface area contributed by atoms with Gasteiger partial charge in [0.2, 0.25) is 0 Å². The molecule has 0 aromatic rings. The Morgan fingerprint density at radius 3 is 3.00 bits per heavy atom. The Morgan fingerprint density at radius 1 is 1.50 bits per heavy atom. The van der Waals surface area contributed by atoms with Gasteiger partial charge in [0, 0.05) is 5.41 Å². The van der Waals surface area contributed by atoms with Crippen molar-refractivity contribution < 1.29 is 0 Å². The average molecular weight is 135 g/mol. The Morgan fingerprint density at radius 2 is 2.30 bits per heavy atom. The molecule has 2 rings (SSSR count). The Hall–Kier alpha value is -0.790. The SMILES string of the molecule is CC1(C)CCC2=C[N]N=C21. The predicted octanol–water partition coefficient (Wildman–Crippen LogP) is 1.66. The van der Waals surface area contributed by atoms with Crippen molar-refractivity contribution >= 4 is 5.71 Å². The highest BCUT2D eigenvalue weighted by molar-refractivity contribution is 6.06. The van der Waals surface area contributed by atoms with Gasteiger partial charge in [-0.3, -0.25) is 0 Å². The van der Waals surface area contributed by atoms with E-state index in [0.29, 0.717) is 0 Å². The highest BCUT2D eigenvalue weighted by Gasteiger charge is 2.36. The van der Waals surface area contributed by atoms with Crippen molar-refractivity contribution in [3.05, 3.63) is 11.8 Å². The summed E-state index contributed by atoms with van der Waals surface area (Å²) in [6, 6.07) is 0. The van der Waals surface area contributed by atoms with Crippen LogP contribution in [0.25, 0.3) is 0 Å². The molecular formula is C8H11N2. The lowest BCUT2D eigenvalue weighted by atomic mass is 9.90. The smallest absolute Gasteiger partial charge is 0.0734 e. The van der Waals surface area contributed by atoms with E-state index in [1.807, 2.05) is 6.20 Å². The summed E-state index contributed by atoms with van der Waals surface area (Å²) in [5, 5.41) is 4.10. The van der Waals surface area contributed by atoms with Crippen molar-refractivity contribution in [1.82, 2.24) is 5.43 Å². The maximum Gasteiger partial charge on any atom is 0.0734 e. The third-order valence-corrected chi connectivity index (χ3v) is 2.34. The van der Waals surface area contributed by atoms with Crippen LogP contribution in [-0.4, -0.2) is 5.71 Å². The van der Waals surface area contributed by atoms with Crippen LogP contribution in [0.15, 0.2) is 16.9 Å². The molecule has 2 aliphatic rings. The van der Waals surface area contributed by atoms with Gasteiger partial charge in [0.1, 0.15) is 0 Å². The molecule has 10 heavy (non-hydrogen) atoms. The van der Waals surface area contributed by atoms with Crippen molar-refractivity contribution in [2.24, 2.45) is 10.5 Å². The van der Waals surface area contributed by atoms with E-state index in [9.17, 15) is 0 Å². The third-order valence-electron chi connectivity index (χ3n) is 2.34. The summed E-state index contributed by atoms with van der Waals surface area (Å²) >= 11 is 0. The zero-order chi connectivity index (χ0) is 7.19. The summed E-state index contributed by atoms with van der Waals surface area (Å²) in [7, 11) is 0. The molecule has 0 spiro atoms. The Bertz CT molecular complexity index is 223. The molecule has 0 amide bonds. The van der Waals surface area contributed by atoms with Crippen LogP contribution in [0.2, 0.25) is 0 Å². The number of nitrogens with zero attached hydrogens (tertiary/aromatic N) is 2. The van der Waals surface area contributed by atoms with Gasteiger partial charge in [-0.25, -0.2) is 0 Å². The van der Waals surface area contributed by atoms with Crippen LogP contribution in [0, 0.1) is 5.41 Å². The number of fused-ring (bicyclic) bond motifs is 1. The number of allylic oxidation sites excluding steroid dienone is 1. The lowest BCUT2D eigenvalue weighted by Gasteiger charge is -2.15. The van der Waals surface area contributed by atoms with Gasteiger partial charge in [-0.2, -0.15) is 10.5 Å². The molecule has 0 aromatic carbocycles. The van der Waals surface area contributed by atoms with E-state index in [-0.39, 0.29) is 5.41 Å². The van der Waals surface area contributed by atoms with Crippen LogP contribution in [0.5, 0.6) is 0 Å². The summed E-state index contributed by atoms with van der Waals surface area (Å²) in [4.78, 5) is 0. The fourth-order valence-electron chi connectivity index (χ4n) is 1.60. The van der Waals surface area contributed by atoms with Crippen LogP contribution in [-0.2, 0) is 0 Å². The van der Waals surface area contributed by atoms with E-state index in [1.165, 1.54) is 17.7 Å². The molecule has 0 bridgehead atoms. The second-order valence-corrected chi connectivity index (χ2v) is 3.60. The highest BCUT2D eigenvalue weighted by atomic mass is 15.3. The number of rotatable bonds is 0. The number of hydrogen-bond donors (Lipinski definition) is 0. The van der Waals surface area contributed by atoms with E-state index >= 15 is 0 Å². The Balaban J connectivity index is 2.41. The molecule has 1 radical (unpaired) electrons. The minimum Gasteiger partial charge on any atom is -0.159 e. The molecule has 0 aromatic heterocycles. The summed E-state index contributed by atoms with van der Waals surface area (Å²) in [6.07, 6.45) is 4.28. The fourth-order valence-corrected chi connectivity index (χ4v) is 1.60. The molecule has 53 valence electrons. The monoisotopic (exact) mass is 135 g/mol. The molecule has 1 aliphatic heterocycles. The van der Waals surface area contributed by atoms with Gasteiger partial charge in [0.05, 0.1) is 11.9 Å². The predicted molar refractivity (Wildman–Crippen MR) is 40.7 cm³/mol. The molecule has 1 heterocycles. The van der Waals surface area contributed by atoms with Crippen LogP contribution < -0.4 is 5.43 Å². The quantitative estimate of drug-likeness (QED) is 0.483. The van der Waals surface area contributed by atoms with Gasteiger partial charge in [0.15, 0.2) is 0 Å². The Labute approximate surface area is 61.0 Å². The summed E-state index contributed by atoms with van der Waals surface area (Å²) in [5.41, 5.74) is 6.74. The van der Waals surface area contributed by atoms with E-state index < -0.39 is 0 Å². The summed E-state index contributed by atoms with van der Waals surface area (Å²) < 4.78 is 0. The topological polar surface area (TPSA) is 26.5 Å². The minimum absolute atomic E-state index is 0.284. The fraction of sp³-hybridized carbons (Fsp3) is 0.625. The molecule has 0 unspecified atom stereocenters. The first-order valence-electron chi connectivity index (χ1n) is 3.68. The third kappa shape index (κ3) is 0.618. The maximum atomic E-state index is 4.10. The van der Waals surface area contributed by atoms with Gasteiger partial charge in [-0.05, 0) is 18.4 Å². The van der Waals surface area contributed by atoms with Gasteiger partial charge in [0.25, 0.3) is 0 Å². The van der Waals surface area contributed by atoms with E-state index in [4.69, 9.17) is 0 Å². The molecule has 1 aliphatic carbocycles. The second kappa shape index (κ2) is 1.62. The van der Waals surface area contributed by atoms with Crippen molar-refractivity contribution in [1.29, 1.82) is 0 Å². The first-order chi connectivity index (χ1) is 4.70.